The highest BCUT2D eigenvalue weighted by atomic mass is 19.3. The number of aryl methyl sites for hydroxylation is 2. The van der Waals surface area contributed by atoms with E-state index in [1.807, 2.05) is 37.4 Å². The van der Waals surface area contributed by atoms with E-state index in [9.17, 15) is 13.6 Å². The third-order valence-corrected chi connectivity index (χ3v) is 4.83. The molecule has 0 bridgehead atoms. The van der Waals surface area contributed by atoms with E-state index in [0.717, 1.165) is 15.6 Å². The molecule has 4 rings (SSSR count). The van der Waals surface area contributed by atoms with Gasteiger partial charge in [-0.15, -0.1) is 0 Å². The van der Waals surface area contributed by atoms with Crippen molar-refractivity contribution >= 4 is 11.6 Å². The highest BCUT2D eigenvalue weighted by molar-refractivity contribution is 5.99. The molecule has 1 amide bonds. The first-order chi connectivity index (χ1) is 14.3. The van der Waals surface area contributed by atoms with Crippen LogP contribution in [0.3, 0.4) is 0 Å². The summed E-state index contributed by atoms with van der Waals surface area (Å²) in [6.45, 7) is 2.26. The molecule has 0 saturated heterocycles. The predicted molar refractivity (Wildman–Crippen MR) is 107 cm³/mol. The minimum absolute atomic E-state index is 0.103. The molecule has 0 unspecified atom stereocenters. The van der Waals surface area contributed by atoms with Crippen LogP contribution in [-0.4, -0.2) is 42.2 Å². The molecule has 154 valence electrons. The average molecular weight is 410 g/mol. The van der Waals surface area contributed by atoms with Crippen molar-refractivity contribution in [2.45, 2.75) is 19.9 Å². The maximum Gasteiger partial charge on any atom is 0.280 e. The van der Waals surface area contributed by atoms with Gasteiger partial charge in [0.1, 0.15) is 11.3 Å². The van der Waals surface area contributed by atoms with Gasteiger partial charge in [0.25, 0.3) is 12.3 Å². The number of hydrogen-bond acceptors (Lipinski definition) is 4. The molecule has 0 atom stereocenters. The molecular formula is C21H20F2N6O. The fourth-order valence-corrected chi connectivity index (χ4v) is 3.27. The Balaban J connectivity index is 1.76. The number of aromatic nitrogens is 5. The number of fused-ring (bicyclic) bond motifs is 1. The first kappa shape index (κ1) is 19.7. The number of nitrogens with zero attached hydrogens (tertiary/aromatic N) is 6. The van der Waals surface area contributed by atoms with Crippen molar-refractivity contribution in [1.82, 2.24) is 29.3 Å². The smallest absolute Gasteiger partial charge is 0.280 e. The first-order valence-electron chi connectivity index (χ1n) is 9.30. The highest BCUT2D eigenvalue weighted by Crippen LogP contribution is 2.27. The Hall–Kier alpha value is -3.62. The van der Waals surface area contributed by atoms with Crippen LogP contribution in [0.25, 0.3) is 16.9 Å². The number of carbonyl (C=O) groups is 1. The molecule has 3 heterocycles. The molecular weight excluding hydrogens is 390 g/mol. The van der Waals surface area contributed by atoms with Gasteiger partial charge in [-0.25, -0.2) is 18.3 Å². The fourth-order valence-electron chi connectivity index (χ4n) is 3.27. The van der Waals surface area contributed by atoms with Gasteiger partial charge < -0.3 is 4.90 Å². The van der Waals surface area contributed by atoms with Crippen LogP contribution >= 0.6 is 0 Å². The summed E-state index contributed by atoms with van der Waals surface area (Å²) in [7, 11) is 3.43. The van der Waals surface area contributed by atoms with E-state index in [4.69, 9.17) is 0 Å². The quantitative estimate of drug-likeness (QED) is 0.504. The Morgan fingerprint density at radius 2 is 1.90 bits per heavy atom. The SMILES string of the molecule is Cc1ccc(-c2cc(C(F)F)n3ncc(C(=O)N(C)Cc4cnn(C)c4)c3n2)cc1. The van der Waals surface area contributed by atoms with E-state index in [1.54, 1.807) is 25.0 Å². The second-order valence-electron chi connectivity index (χ2n) is 7.21. The monoisotopic (exact) mass is 410 g/mol. The van der Waals surface area contributed by atoms with E-state index in [1.165, 1.54) is 17.2 Å². The van der Waals surface area contributed by atoms with Crippen molar-refractivity contribution in [3.05, 3.63) is 71.3 Å². The van der Waals surface area contributed by atoms with Gasteiger partial charge >= 0.3 is 0 Å². The van der Waals surface area contributed by atoms with E-state index in [2.05, 4.69) is 15.2 Å². The lowest BCUT2D eigenvalue weighted by molar-refractivity contribution is 0.0786. The van der Waals surface area contributed by atoms with Gasteiger partial charge in [-0.3, -0.25) is 9.48 Å². The molecule has 9 heteroatoms. The number of alkyl halides is 2. The standard InChI is InChI=1S/C21H20F2N6O/c1-13-4-6-15(7-5-13)17-8-18(19(22)23)29-20(26-17)16(10-25-29)21(30)27(2)11-14-9-24-28(3)12-14/h4-10,12,19H,11H2,1-3H3. The van der Waals surface area contributed by atoms with Gasteiger partial charge in [0.05, 0.1) is 18.1 Å². The van der Waals surface area contributed by atoms with Gasteiger partial charge in [-0.2, -0.15) is 10.2 Å². The molecule has 0 spiro atoms. The lowest BCUT2D eigenvalue weighted by Crippen LogP contribution is -2.26. The lowest BCUT2D eigenvalue weighted by Gasteiger charge is -2.15. The summed E-state index contributed by atoms with van der Waals surface area (Å²) in [5.41, 5.74) is 2.90. The van der Waals surface area contributed by atoms with E-state index in [0.29, 0.717) is 17.8 Å². The summed E-state index contributed by atoms with van der Waals surface area (Å²) in [6, 6.07) is 8.70. The zero-order valence-electron chi connectivity index (χ0n) is 16.8. The molecule has 0 aliphatic rings. The van der Waals surface area contributed by atoms with Gasteiger partial charge in [0, 0.05) is 38.0 Å². The molecule has 30 heavy (non-hydrogen) atoms. The Labute approximate surface area is 171 Å². The van der Waals surface area contributed by atoms with Crippen molar-refractivity contribution in [1.29, 1.82) is 0 Å². The van der Waals surface area contributed by atoms with Crippen molar-refractivity contribution in [3.63, 3.8) is 0 Å². The molecule has 0 fully saturated rings. The number of hydrogen-bond donors (Lipinski definition) is 0. The predicted octanol–water partition coefficient (Wildman–Crippen LogP) is 3.65. The summed E-state index contributed by atoms with van der Waals surface area (Å²) in [6.07, 6.45) is 2.00. The maximum absolute atomic E-state index is 13.7. The number of halogens is 2. The third-order valence-electron chi connectivity index (χ3n) is 4.83. The maximum atomic E-state index is 13.7. The van der Waals surface area contributed by atoms with Crippen LogP contribution in [-0.2, 0) is 13.6 Å². The van der Waals surface area contributed by atoms with E-state index >= 15 is 0 Å². The molecule has 0 saturated carbocycles. The number of benzene rings is 1. The summed E-state index contributed by atoms with van der Waals surface area (Å²) >= 11 is 0. The van der Waals surface area contributed by atoms with Gasteiger partial charge in [-0.1, -0.05) is 29.8 Å². The number of rotatable bonds is 5. The Kier molecular flexibility index (Phi) is 5.03. The average Bonchev–Trinajstić information content (AvgIpc) is 3.33. The second kappa shape index (κ2) is 7.66. The fraction of sp³-hybridized carbons (Fsp3) is 0.238. The first-order valence-corrected chi connectivity index (χ1v) is 9.30. The molecule has 0 radical (unpaired) electrons. The van der Waals surface area contributed by atoms with Crippen molar-refractivity contribution in [2.75, 3.05) is 7.05 Å². The summed E-state index contributed by atoms with van der Waals surface area (Å²) in [5.74, 6) is -0.359. The largest absolute Gasteiger partial charge is 0.337 e. The molecule has 0 aliphatic heterocycles. The number of amides is 1. The normalized spacial score (nSPS) is 11.4. The van der Waals surface area contributed by atoms with Crippen LogP contribution in [0, 0.1) is 6.92 Å². The zero-order valence-corrected chi connectivity index (χ0v) is 16.8. The van der Waals surface area contributed by atoms with Crippen LogP contribution in [0.15, 0.2) is 48.9 Å². The van der Waals surface area contributed by atoms with Crippen LogP contribution in [0.1, 0.15) is 33.6 Å². The van der Waals surface area contributed by atoms with Crippen LogP contribution in [0.5, 0.6) is 0 Å². The van der Waals surface area contributed by atoms with Crippen molar-refractivity contribution in [3.8, 4) is 11.3 Å². The molecule has 3 aromatic heterocycles. The van der Waals surface area contributed by atoms with Gasteiger partial charge in [-0.05, 0) is 13.0 Å². The lowest BCUT2D eigenvalue weighted by atomic mass is 10.1. The minimum Gasteiger partial charge on any atom is -0.337 e. The van der Waals surface area contributed by atoms with Crippen molar-refractivity contribution in [2.24, 2.45) is 7.05 Å². The summed E-state index contributed by atoms with van der Waals surface area (Å²) in [5, 5.41) is 8.10. The highest BCUT2D eigenvalue weighted by Gasteiger charge is 2.23. The molecule has 7 nitrogen and oxygen atoms in total. The topological polar surface area (TPSA) is 68.3 Å². The van der Waals surface area contributed by atoms with Gasteiger partial charge in [0.15, 0.2) is 5.65 Å². The van der Waals surface area contributed by atoms with Crippen LogP contribution < -0.4 is 0 Å². The van der Waals surface area contributed by atoms with Crippen LogP contribution in [0.2, 0.25) is 0 Å². The Morgan fingerprint density at radius 3 is 2.53 bits per heavy atom. The second-order valence-corrected chi connectivity index (χ2v) is 7.21. The number of carbonyl (C=O) groups excluding carboxylic acids is 1. The zero-order chi connectivity index (χ0) is 21.4. The molecule has 1 aromatic carbocycles. The minimum atomic E-state index is -2.77. The van der Waals surface area contributed by atoms with Crippen molar-refractivity contribution < 1.29 is 13.6 Å². The molecule has 0 N–H and O–H groups in total. The van der Waals surface area contributed by atoms with E-state index < -0.39 is 6.43 Å². The van der Waals surface area contributed by atoms with E-state index in [-0.39, 0.29) is 22.8 Å². The third kappa shape index (κ3) is 3.66. The Morgan fingerprint density at radius 1 is 1.17 bits per heavy atom. The Bertz CT molecular complexity index is 1210. The molecule has 0 aliphatic carbocycles. The molecule has 4 aromatic rings. The van der Waals surface area contributed by atoms with Gasteiger partial charge in [0.2, 0.25) is 0 Å². The van der Waals surface area contributed by atoms with Crippen LogP contribution in [0.4, 0.5) is 8.78 Å². The summed E-state index contributed by atoms with van der Waals surface area (Å²) in [4.78, 5) is 19.0. The summed E-state index contributed by atoms with van der Waals surface area (Å²) < 4.78 is 30.1.